The SMILES string of the molecule is CS(=O)(=O)N1CC=C(c2cccc(C3CC(C(F)(F)C(F)(F)F)=NN3c3ccccc3Cl)c2)CC1. The molecule has 5 nitrogen and oxygen atoms in total. The Balaban J connectivity index is 1.71. The molecule has 0 radical (unpaired) electrons. The predicted molar refractivity (Wildman–Crippen MR) is 125 cm³/mol. The van der Waals surface area contributed by atoms with Crippen LogP contribution in [-0.2, 0) is 10.0 Å². The van der Waals surface area contributed by atoms with Crippen molar-refractivity contribution in [2.45, 2.75) is 31.0 Å². The molecule has 0 spiro atoms. The lowest BCUT2D eigenvalue weighted by molar-refractivity contribution is -0.249. The highest BCUT2D eigenvalue weighted by Crippen LogP contribution is 2.46. The second kappa shape index (κ2) is 9.18. The maximum absolute atomic E-state index is 14.2. The monoisotopic (exact) mass is 533 g/mol. The summed E-state index contributed by atoms with van der Waals surface area (Å²) in [5, 5.41) is 4.97. The van der Waals surface area contributed by atoms with Crippen molar-refractivity contribution < 1.29 is 30.4 Å². The number of rotatable bonds is 5. The summed E-state index contributed by atoms with van der Waals surface area (Å²) < 4.78 is 92.7. The van der Waals surface area contributed by atoms with E-state index in [2.05, 4.69) is 5.10 Å². The minimum Gasteiger partial charge on any atom is -0.256 e. The van der Waals surface area contributed by atoms with Gasteiger partial charge in [0, 0.05) is 19.5 Å². The van der Waals surface area contributed by atoms with Crippen molar-refractivity contribution in [3.8, 4) is 0 Å². The lowest BCUT2D eigenvalue weighted by atomic mass is 9.93. The Labute approximate surface area is 204 Å². The van der Waals surface area contributed by atoms with E-state index < -0.39 is 40.3 Å². The van der Waals surface area contributed by atoms with Gasteiger partial charge in [0.05, 0.1) is 23.0 Å². The normalized spacial score (nSPS) is 20.1. The highest BCUT2D eigenvalue weighted by molar-refractivity contribution is 7.88. The van der Waals surface area contributed by atoms with E-state index in [1.165, 1.54) is 16.4 Å². The number of hydrazone groups is 1. The topological polar surface area (TPSA) is 53.0 Å². The Hall–Kier alpha value is -2.50. The first-order chi connectivity index (χ1) is 16.3. The summed E-state index contributed by atoms with van der Waals surface area (Å²) in [6, 6.07) is 12.1. The van der Waals surface area contributed by atoms with Crippen LogP contribution in [0.4, 0.5) is 27.6 Å². The molecule has 0 saturated heterocycles. The first kappa shape index (κ1) is 25.6. The van der Waals surface area contributed by atoms with Crippen LogP contribution in [-0.4, -0.2) is 49.9 Å². The van der Waals surface area contributed by atoms with Gasteiger partial charge in [-0.2, -0.15) is 31.4 Å². The molecule has 188 valence electrons. The van der Waals surface area contributed by atoms with Crippen LogP contribution < -0.4 is 5.01 Å². The maximum atomic E-state index is 14.2. The van der Waals surface area contributed by atoms with E-state index in [0.29, 0.717) is 12.0 Å². The Morgan fingerprint density at radius 2 is 1.77 bits per heavy atom. The van der Waals surface area contributed by atoms with E-state index in [-0.39, 0.29) is 23.8 Å². The highest BCUT2D eigenvalue weighted by Gasteiger charge is 2.62. The fourth-order valence-electron chi connectivity index (χ4n) is 4.14. The Morgan fingerprint density at radius 3 is 2.37 bits per heavy atom. The van der Waals surface area contributed by atoms with Gasteiger partial charge in [0.2, 0.25) is 10.0 Å². The van der Waals surface area contributed by atoms with Crippen molar-refractivity contribution in [2.24, 2.45) is 5.10 Å². The van der Waals surface area contributed by atoms with Gasteiger partial charge in [-0.1, -0.05) is 48.0 Å². The summed E-state index contributed by atoms with van der Waals surface area (Å²) in [5.41, 5.74) is 0.978. The van der Waals surface area contributed by atoms with Crippen LogP contribution in [0, 0.1) is 0 Å². The van der Waals surface area contributed by atoms with Crippen LogP contribution in [0.2, 0.25) is 5.02 Å². The van der Waals surface area contributed by atoms with Crippen molar-refractivity contribution in [1.82, 2.24) is 4.31 Å². The smallest absolute Gasteiger partial charge is 0.256 e. The van der Waals surface area contributed by atoms with Gasteiger partial charge in [-0.25, -0.2) is 8.42 Å². The number of hydrogen-bond donors (Lipinski definition) is 0. The summed E-state index contributed by atoms with van der Waals surface area (Å²) >= 11 is 6.23. The van der Waals surface area contributed by atoms with Crippen LogP contribution in [0.3, 0.4) is 0 Å². The Morgan fingerprint density at radius 1 is 1.06 bits per heavy atom. The molecule has 2 heterocycles. The molecule has 0 bridgehead atoms. The van der Waals surface area contributed by atoms with Crippen molar-refractivity contribution in [3.05, 3.63) is 70.8 Å². The number of sulfonamides is 1. The zero-order chi connectivity index (χ0) is 25.6. The summed E-state index contributed by atoms with van der Waals surface area (Å²) in [5.74, 6) is -5.10. The largest absolute Gasteiger partial charge is 0.459 e. The molecule has 0 amide bonds. The molecule has 0 aliphatic carbocycles. The van der Waals surface area contributed by atoms with E-state index in [0.717, 1.165) is 22.4 Å². The number of anilines is 1. The average Bonchev–Trinajstić information content (AvgIpc) is 3.24. The van der Waals surface area contributed by atoms with Crippen LogP contribution in [0.1, 0.15) is 30.0 Å². The van der Waals surface area contributed by atoms with Gasteiger partial charge in [0.25, 0.3) is 0 Å². The minimum absolute atomic E-state index is 0.157. The van der Waals surface area contributed by atoms with Crippen LogP contribution in [0.15, 0.2) is 59.7 Å². The zero-order valence-electron chi connectivity index (χ0n) is 18.4. The minimum atomic E-state index is -5.78. The van der Waals surface area contributed by atoms with E-state index >= 15 is 0 Å². The molecule has 2 aromatic rings. The Bertz CT molecular complexity index is 1290. The molecule has 2 aliphatic rings. The summed E-state index contributed by atoms with van der Waals surface area (Å²) in [6.07, 6.45) is -3.10. The van der Waals surface area contributed by atoms with Crippen LogP contribution in [0.25, 0.3) is 5.57 Å². The lowest BCUT2D eigenvalue weighted by Gasteiger charge is -2.27. The third-order valence-electron chi connectivity index (χ3n) is 6.01. The first-order valence-electron chi connectivity index (χ1n) is 10.6. The number of hydrogen-bond acceptors (Lipinski definition) is 4. The van der Waals surface area contributed by atoms with Crippen molar-refractivity contribution in [1.29, 1.82) is 0 Å². The second-order valence-corrected chi connectivity index (χ2v) is 10.8. The van der Waals surface area contributed by atoms with Gasteiger partial charge in [0.1, 0.15) is 5.71 Å². The Kier molecular flexibility index (Phi) is 6.71. The van der Waals surface area contributed by atoms with E-state index in [1.807, 2.05) is 0 Å². The van der Waals surface area contributed by atoms with Gasteiger partial charge < -0.3 is 0 Å². The molecular formula is C23H21ClF5N3O2S. The molecule has 4 rings (SSSR count). The number of benzene rings is 2. The number of halogens is 6. The van der Waals surface area contributed by atoms with Crippen LogP contribution in [0.5, 0.6) is 0 Å². The highest BCUT2D eigenvalue weighted by atomic mass is 35.5. The molecule has 35 heavy (non-hydrogen) atoms. The van der Waals surface area contributed by atoms with Crippen molar-refractivity contribution >= 4 is 38.6 Å². The summed E-state index contributed by atoms with van der Waals surface area (Å²) in [7, 11) is -3.34. The van der Waals surface area contributed by atoms with E-state index in [1.54, 1.807) is 42.5 Å². The van der Waals surface area contributed by atoms with Gasteiger partial charge in [0.15, 0.2) is 0 Å². The zero-order valence-corrected chi connectivity index (χ0v) is 20.0. The molecule has 12 heteroatoms. The molecule has 1 unspecified atom stereocenters. The fraction of sp³-hybridized carbons (Fsp3) is 0.348. The molecule has 1 atom stereocenters. The van der Waals surface area contributed by atoms with Gasteiger partial charge in [-0.05, 0) is 41.3 Å². The number of alkyl halides is 5. The standard InChI is InChI=1S/C23H21ClF5N3O2S/c1-35(33,34)31-11-9-15(10-12-31)16-5-4-6-17(13-16)20-14-21(22(25,26)23(27,28)29)30-32(20)19-8-3-2-7-18(19)24/h2-9,13,20H,10-12,14H2,1H3. The van der Waals surface area contributed by atoms with Crippen molar-refractivity contribution in [3.63, 3.8) is 0 Å². The molecule has 0 saturated carbocycles. The number of para-hydroxylation sites is 1. The van der Waals surface area contributed by atoms with E-state index in [4.69, 9.17) is 11.6 Å². The van der Waals surface area contributed by atoms with Crippen LogP contribution >= 0.6 is 11.6 Å². The van der Waals surface area contributed by atoms with Gasteiger partial charge in [-0.15, -0.1) is 0 Å². The quantitative estimate of drug-likeness (QED) is 0.450. The fourth-order valence-corrected chi connectivity index (χ4v) is 5.13. The van der Waals surface area contributed by atoms with Gasteiger partial charge >= 0.3 is 12.1 Å². The molecule has 0 aromatic heterocycles. The predicted octanol–water partition coefficient (Wildman–Crippen LogP) is 5.89. The summed E-state index contributed by atoms with van der Waals surface area (Å²) in [6.45, 7) is 0.480. The molecule has 2 aromatic carbocycles. The third kappa shape index (κ3) is 5.07. The third-order valence-corrected chi connectivity index (χ3v) is 7.60. The number of nitrogens with zero attached hydrogens (tertiary/aromatic N) is 3. The second-order valence-electron chi connectivity index (χ2n) is 8.36. The maximum Gasteiger partial charge on any atom is 0.459 e. The molecular weight excluding hydrogens is 513 g/mol. The first-order valence-corrected chi connectivity index (χ1v) is 12.8. The molecule has 0 fully saturated rings. The lowest BCUT2D eigenvalue weighted by Crippen LogP contribution is -2.43. The van der Waals surface area contributed by atoms with Gasteiger partial charge in [-0.3, -0.25) is 5.01 Å². The molecule has 0 N–H and O–H groups in total. The van der Waals surface area contributed by atoms with Crippen molar-refractivity contribution in [2.75, 3.05) is 24.4 Å². The van der Waals surface area contributed by atoms with E-state index in [9.17, 15) is 30.4 Å². The summed E-state index contributed by atoms with van der Waals surface area (Å²) in [4.78, 5) is 0. The molecule has 2 aliphatic heterocycles. The average molecular weight is 534 g/mol.